The highest BCUT2D eigenvalue weighted by Gasteiger charge is 2.33. The maximum atomic E-state index is 13.2. The summed E-state index contributed by atoms with van der Waals surface area (Å²) < 4.78 is 10.6. The molecule has 2 aromatic heterocycles. The van der Waals surface area contributed by atoms with Crippen molar-refractivity contribution >= 4 is 23.0 Å². The summed E-state index contributed by atoms with van der Waals surface area (Å²) in [5.41, 5.74) is 2.41. The number of fused-ring (bicyclic) bond motifs is 1. The van der Waals surface area contributed by atoms with Gasteiger partial charge in [-0.15, -0.1) is 0 Å². The molecule has 2 aliphatic rings. The van der Waals surface area contributed by atoms with Gasteiger partial charge in [0.15, 0.2) is 6.10 Å². The number of carbonyl (C=O) groups is 2. The van der Waals surface area contributed by atoms with Gasteiger partial charge in [-0.3, -0.25) is 4.79 Å². The van der Waals surface area contributed by atoms with Crippen LogP contribution in [0.25, 0.3) is 11.1 Å². The predicted molar refractivity (Wildman–Crippen MR) is 91.1 cm³/mol. The molecule has 8 heteroatoms. The van der Waals surface area contributed by atoms with Gasteiger partial charge in [-0.05, 0) is 24.8 Å². The van der Waals surface area contributed by atoms with Gasteiger partial charge in [-0.25, -0.2) is 9.78 Å². The fourth-order valence-corrected chi connectivity index (χ4v) is 3.30. The largest absolute Gasteiger partial charge is 0.479 e. The molecular weight excluding hydrogens is 338 g/mol. The van der Waals surface area contributed by atoms with Crippen molar-refractivity contribution in [2.24, 2.45) is 0 Å². The van der Waals surface area contributed by atoms with E-state index in [1.807, 2.05) is 19.9 Å². The topological polar surface area (TPSA) is 106 Å². The lowest BCUT2D eigenvalue weighted by atomic mass is 10.0. The molecule has 138 valence electrons. The summed E-state index contributed by atoms with van der Waals surface area (Å²) in [4.78, 5) is 30.5. The quantitative estimate of drug-likeness (QED) is 0.891. The molecule has 1 N–H and O–H groups in total. The molecule has 1 aliphatic carbocycles. The Kier molecular flexibility index (Phi) is 4.14. The second kappa shape index (κ2) is 6.35. The van der Waals surface area contributed by atoms with E-state index in [2.05, 4.69) is 10.1 Å². The van der Waals surface area contributed by atoms with Crippen LogP contribution in [0, 0.1) is 0 Å². The lowest BCUT2D eigenvalue weighted by molar-refractivity contribution is -0.154. The first-order chi connectivity index (χ1) is 12.5. The van der Waals surface area contributed by atoms with Gasteiger partial charge in [-0.1, -0.05) is 19.0 Å². The molecule has 0 radical (unpaired) electrons. The molecule has 0 spiro atoms. The smallest absolute Gasteiger partial charge is 0.334 e. The number of aliphatic carboxylic acids is 1. The summed E-state index contributed by atoms with van der Waals surface area (Å²) in [5.74, 6) is -0.851. The highest BCUT2D eigenvalue weighted by atomic mass is 16.5. The summed E-state index contributed by atoms with van der Waals surface area (Å²) in [5, 5.41) is 13.9. The van der Waals surface area contributed by atoms with Gasteiger partial charge in [0.05, 0.1) is 29.8 Å². The van der Waals surface area contributed by atoms with E-state index in [4.69, 9.17) is 9.26 Å². The van der Waals surface area contributed by atoms with Crippen LogP contribution in [0.5, 0.6) is 0 Å². The normalized spacial score (nSPS) is 20.7. The molecular formula is C18H21N3O5. The number of nitrogens with zero attached hydrogens (tertiary/aromatic N) is 3. The standard InChI is InChI=1S/C18H21N3O5/c1-9(2)15-14-11(7-12(10-3-4-10)19-16(14)26-20-15)17(22)21-5-6-25-13(8-21)18(23)24/h7,9-10,13H,3-6,8H2,1-2H3,(H,23,24). The lowest BCUT2D eigenvalue weighted by Gasteiger charge is -2.31. The Bertz CT molecular complexity index is 871. The van der Waals surface area contributed by atoms with Gasteiger partial charge in [0.1, 0.15) is 0 Å². The van der Waals surface area contributed by atoms with Crippen LogP contribution in [-0.2, 0) is 9.53 Å². The van der Waals surface area contributed by atoms with E-state index in [9.17, 15) is 14.7 Å². The average molecular weight is 359 g/mol. The van der Waals surface area contributed by atoms with Crippen molar-refractivity contribution in [1.82, 2.24) is 15.0 Å². The maximum absolute atomic E-state index is 13.2. The van der Waals surface area contributed by atoms with E-state index in [0.717, 1.165) is 18.5 Å². The molecule has 1 amide bonds. The van der Waals surface area contributed by atoms with Crippen LogP contribution in [0.1, 0.15) is 60.3 Å². The van der Waals surface area contributed by atoms with Gasteiger partial charge in [0, 0.05) is 18.2 Å². The highest BCUT2D eigenvalue weighted by molar-refractivity contribution is 6.06. The number of aromatic nitrogens is 2. The number of hydrogen-bond donors (Lipinski definition) is 1. The average Bonchev–Trinajstić information content (AvgIpc) is 3.39. The SMILES string of the molecule is CC(C)c1noc2nc(C3CC3)cc(C(=O)N3CCOC(C(=O)O)C3)c12. The molecule has 1 saturated carbocycles. The molecule has 1 aliphatic heterocycles. The van der Waals surface area contributed by atoms with E-state index < -0.39 is 12.1 Å². The Morgan fingerprint density at radius 1 is 1.35 bits per heavy atom. The number of carbonyl (C=O) groups excluding carboxylic acids is 1. The first-order valence-corrected chi connectivity index (χ1v) is 8.89. The minimum atomic E-state index is -1.06. The summed E-state index contributed by atoms with van der Waals surface area (Å²) in [6, 6.07) is 1.83. The maximum Gasteiger partial charge on any atom is 0.334 e. The van der Waals surface area contributed by atoms with Crippen molar-refractivity contribution in [3.8, 4) is 0 Å². The third-order valence-corrected chi connectivity index (χ3v) is 4.89. The number of rotatable bonds is 4. The fraction of sp³-hybridized carbons (Fsp3) is 0.556. The Morgan fingerprint density at radius 2 is 2.12 bits per heavy atom. The molecule has 0 bridgehead atoms. The summed E-state index contributed by atoms with van der Waals surface area (Å²) in [6.07, 6.45) is 1.10. The van der Waals surface area contributed by atoms with Crippen molar-refractivity contribution in [2.45, 2.75) is 44.6 Å². The predicted octanol–water partition coefficient (Wildman–Crippen LogP) is 2.15. The van der Waals surface area contributed by atoms with Crippen LogP contribution in [-0.4, -0.2) is 57.8 Å². The fourth-order valence-electron chi connectivity index (χ4n) is 3.30. The zero-order valence-electron chi connectivity index (χ0n) is 14.8. The second-order valence-electron chi connectivity index (χ2n) is 7.22. The molecule has 4 rings (SSSR count). The molecule has 26 heavy (non-hydrogen) atoms. The molecule has 0 aromatic carbocycles. The van der Waals surface area contributed by atoms with Crippen molar-refractivity contribution in [2.75, 3.05) is 19.7 Å². The number of hydrogen-bond acceptors (Lipinski definition) is 6. The minimum Gasteiger partial charge on any atom is -0.479 e. The summed E-state index contributed by atoms with van der Waals surface area (Å²) in [7, 11) is 0. The first kappa shape index (κ1) is 17.0. The van der Waals surface area contributed by atoms with Gasteiger partial charge in [-0.2, -0.15) is 0 Å². The van der Waals surface area contributed by atoms with Crippen molar-refractivity contribution < 1.29 is 24.0 Å². The Balaban J connectivity index is 1.77. The number of amides is 1. The number of carboxylic acids is 1. The van der Waals surface area contributed by atoms with Crippen LogP contribution in [0.4, 0.5) is 0 Å². The van der Waals surface area contributed by atoms with Gasteiger partial charge in [0.25, 0.3) is 11.6 Å². The first-order valence-electron chi connectivity index (χ1n) is 8.89. The minimum absolute atomic E-state index is 0.0268. The monoisotopic (exact) mass is 359 g/mol. The van der Waals surface area contributed by atoms with E-state index in [0.29, 0.717) is 34.8 Å². The summed E-state index contributed by atoms with van der Waals surface area (Å²) in [6.45, 7) is 4.55. The van der Waals surface area contributed by atoms with E-state index in [1.54, 1.807) is 0 Å². The van der Waals surface area contributed by atoms with Crippen LogP contribution in [0.3, 0.4) is 0 Å². The summed E-state index contributed by atoms with van der Waals surface area (Å²) >= 11 is 0. The third-order valence-electron chi connectivity index (χ3n) is 4.89. The van der Waals surface area contributed by atoms with Crippen LogP contribution in [0.2, 0.25) is 0 Å². The van der Waals surface area contributed by atoms with Crippen LogP contribution < -0.4 is 0 Å². The Labute approximate surface area is 150 Å². The molecule has 1 saturated heterocycles. The van der Waals surface area contributed by atoms with Crippen molar-refractivity contribution in [1.29, 1.82) is 0 Å². The Hall–Kier alpha value is -2.48. The van der Waals surface area contributed by atoms with Gasteiger partial charge in [0.2, 0.25) is 0 Å². The van der Waals surface area contributed by atoms with Crippen molar-refractivity contribution in [3.05, 3.63) is 23.0 Å². The zero-order chi connectivity index (χ0) is 18.4. The number of pyridine rings is 1. The lowest BCUT2D eigenvalue weighted by Crippen LogP contribution is -2.48. The molecule has 2 aromatic rings. The Morgan fingerprint density at radius 3 is 2.77 bits per heavy atom. The number of morpholine rings is 1. The molecule has 1 unspecified atom stereocenters. The number of ether oxygens (including phenoxy) is 1. The number of carboxylic acid groups (broad SMARTS) is 1. The van der Waals surface area contributed by atoms with Gasteiger partial charge >= 0.3 is 5.97 Å². The van der Waals surface area contributed by atoms with Gasteiger partial charge < -0.3 is 19.3 Å². The molecule has 8 nitrogen and oxygen atoms in total. The molecule has 1 atom stereocenters. The zero-order valence-corrected chi connectivity index (χ0v) is 14.8. The molecule has 2 fully saturated rings. The highest BCUT2D eigenvalue weighted by Crippen LogP contribution is 2.41. The second-order valence-corrected chi connectivity index (χ2v) is 7.22. The molecule has 3 heterocycles. The van der Waals surface area contributed by atoms with E-state index in [-0.39, 0.29) is 25.0 Å². The van der Waals surface area contributed by atoms with Crippen molar-refractivity contribution in [3.63, 3.8) is 0 Å². The van der Waals surface area contributed by atoms with Crippen LogP contribution >= 0.6 is 0 Å². The van der Waals surface area contributed by atoms with E-state index in [1.165, 1.54) is 4.90 Å². The third kappa shape index (κ3) is 2.94. The van der Waals surface area contributed by atoms with E-state index >= 15 is 0 Å². The van der Waals surface area contributed by atoms with Crippen LogP contribution in [0.15, 0.2) is 10.6 Å².